The Morgan fingerprint density at radius 1 is 0.852 bits per heavy atom. The minimum Gasteiger partial charge on any atom is -0.493 e. The van der Waals surface area contributed by atoms with Gasteiger partial charge in [-0.25, -0.2) is 13.0 Å². The molecule has 136 valence electrons. The maximum atomic E-state index is 14.8. The van der Waals surface area contributed by atoms with Crippen LogP contribution in [0.1, 0.15) is 0 Å². The van der Waals surface area contributed by atoms with Crippen LogP contribution in [0.2, 0.25) is 0 Å². The van der Waals surface area contributed by atoms with Crippen LogP contribution in [0.15, 0.2) is 65.6 Å². The maximum Gasteiger partial charge on any atom is 0.166 e. The van der Waals surface area contributed by atoms with Crippen molar-refractivity contribution >= 4 is 42.2 Å². The summed E-state index contributed by atoms with van der Waals surface area (Å²) < 4.78 is 47.2. The number of fused-ring (bicyclic) bond motifs is 2. The number of hydrogen-bond acceptors (Lipinski definition) is 2. The molecular formula is C21H13ClF2O2S. The Balaban J connectivity index is 2.31. The van der Waals surface area contributed by atoms with Gasteiger partial charge in [-0.15, -0.1) is 0 Å². The van der Waals surface area contributed by atoms with Crippen molar-refractivity contribution in [2.45, 2.75) is 4.90 Å². The normalized spacial score (nSPS) is 12.4. The zero-order valence-electron chi connectivity index (χ0n) is 14.1. The van der Waals surface area contributed by atoms with E-state index in [1.807, 2.05) is 0 Å². The molecule has 0 heterocycles. The van der Waals surface area contributed by atoms with Crippen molar-refractivity contribution in [2.75, 3.05) is 7.11 Å². The smallest absolute Gasteiger partial charge is 0.166 e. The molecule has 2 nitrogen and oxygen atoms in total. The van der Waals surface area contributed by atoms with E-state index in [2.05, 4.69) is 0 Å². The summed E-state index contributed by atoms with van der Waals surface area (Å²) >= 11 is 0. The maximum absolute atomic E-state index is 14.8. The fraction of sp³-hybridized carbons (Fsp3) is 0.0476. The fourth-order valence-electron chi connectivity index (χ4n) is 3.44. The van der Waals surface area contributed by atoms with Gasteiger partial charge in [-0.05, 0) is 44.4 Å². The van der Waals surface area contributed by atoms with Crippen molar-refractivity contribution < 1.29 is 17.7 Å². The summed E-state index contributed by atoms with van der Waals surface area (Å²) in [7, 11) is 5.04. The highest BCUT2D eigenvalue weighted by molar-refractivity contribution is 8.08. The predicted molar refractivity (Wildman–Crippen MR) is 106 cm³/mol. The zero-order valence-corrected chi connectivity index (χ0v) is 15.7. The third-order valence-corrected chi connectivity index (χ3v) is 5.71. The van der Waals surface area contributed by atoms with Crippen LogP contribution in [0.25, 0.3) is 32.7 Å². The number of halogens is 3. The highest BCUT2D eigenvalue weighted by Gasteiger charge is 2.25. The molecule has 0 spiro atoms. The van der Waals surface area contributed by atoms with E-state index in [-0.39, 0.29) is 16.2 Å². The Bertz CT molecular complexity index is 1220. The Labute approximate surface area is 161 Å². The molecule has 0 aliphatic heterocycles. The molecule has 4 rings (SSSR count). The number of hydrogen-bond donors (Lipinski definition) is 0. The minimum absolute atomic E-state index is 0.0483. The van der Waals surface area contributed by atoms with E-state index in [1.54, 1.807) is 48.5 Å². The van der Waals surface area contributed by atoms with Crippen LogP contribution in [-0.4, -0.2) is 11.3 Å². The van der Waals surface area contributed by atoms with Gasteiger partial charge in [0.15, 0.2) is 21.6 Å². The van der Waals surface area contributed by atoms with E-state index >= 15 is 0 Å². The van der Waals surface area contributed by atoms with E-state index < -0.39 is 21.6 Å². The molecule has 0 fully saturated rings. The molecule has 0 N–H and O–H groups in total. The Morgan fingerprint density at radius 2 is 1.37 bits per heavy atom. The molecule has 0 amide bonds. The average molecular weight is 403 g/mol. The second-order valence-electron chi connectivity index (χ2n) is 5.99. The van der Waals surface area contributed by atoms with E-state index in [1.165, 1.54) is 19.2 Å². The van der Waals surface area contributed by atoms with Gasteiger partial charge in [-0.3, -0.25) is 0 Å². The van der Waals surface area contributed by atoms with Crippen molar-refractivity contribution in [3.05, 3.63) is 72.3 Å². The third-order valence-electron chi connectivity index (χ3n) is 4.53. The van der Waals surface area contributed by atoms with E-state index in [0.29, 0.717) is 27.1 Å². The molecule has 0 aliphatic rings. The van der Waals surface area contributed by atoms with Gasteiger partial charge >= 0.3 is 0 Å². The predicted octanol–water partition coefficient (Wildman–Crippen LogP) is 6.21. The van der Waals surface area contributed by atoms with Crippen LogP contribution < -0.4 is 4.74 Å². The lowest BCUT2D eigenvalue weighted by Crippen LogP contribution is -2.00. The van der Waals surface area contributed by atoms with Crippen LogP contribution >= 0.6 is 10.7 Å². The molecular weight excluding hydrogens is 390 g/mol. The van der Waals surface area contributed by atoms with E-state index in [4.69, 9.17) is 15.4 Å². The summed E-state index contributed by atoms with van der Waals surface area (Å²) in [6, 6.07) is 16.8. The molecule has 0 saturated carbocycles. The highest BCUT2D eigenvalue weighted by atomic mass is 35.7. The standard InChI is InChI=1S/C21H13ClF2O2S/c1-26-20-16(23)10-12-6-2-4-8-14(12)18(20)19-15-9-5-3-7-13(15)11-17(24)21(19)27(22)25/h2-11H,1H3. The summed E-state index contributed by atoms with van der Waals surface area (Å²) in [6.07, 6.45) is 0. The molecule has 0 bridgehead atoms. The van der Waals surface area contributed by atoms with Crippen molar-refractivity contribution in [2.24, 2.45) is 0 Å². The number of ether oxygens (including phenoxy) is 1. The fourth-order valence-corrected chi connectivity index (χ4v) is 4.48. The quantitative estimate of drug-likeness (QED) is 0.381. The first-order valence-electron chi connectivity index (χ1n) is 8.07. The van der Waals surface area contributed by atoms with Gasteiger partial charge in [-0.2, -0.15) is 0 Å². The molecule has 1 atom stereocenters. The Kier molecular flexibility index (Phi) is 4.58. The minimum atomic E-state index is -2.15. The molecule has 4 aromatic rings. The summed E-state index contributed by atoms with van der Waals surface area (Å²) in [4.78, 5) is -0.190. The SMILES string of the molecule is COc1c(F)cc2ccccc2c1-c1c(S(=O)Cl)c(F)cc2ccccc12. The summed E-state index contributed by atoms with van der Waals surface area (Å²) in [5.41, 5.74) is 0.597. The Morgan fingerprint density at radius 3 is 1.93 bits per heavy atom. The van der Waals surface area contributed by atoms with E-state index in [0.717, 1.165) is 0 Å². The zero-order chi connectivity index (χ0) is 19.1. The first-order chi connectivity index (χ1) is 13.0. The van der Waals surface area contributed by atoms with Gasteiger partial charge in [-0.1, -0.05) is 48.5 Å². The van der Waals surface area contributed by atoms with Crippen LogP contribution in [-0.2, 0) is 10.0 Å². The molecule has 0 radical (unpaired) electrons. The summed E-state index contributed by atoms with van der Waals surface area (Å²) in [5.74, 6) is -1.36. The molecule has 0 aromatic heterocycles. The van der Waals surface area contributed by atoms with Crippen LogP contribution in [0, 0.1) is 11.6 Å². The van der Waals surface area contributed by atoms with Gasteiger partial charge in [0.1, 0.15) is 5.82 Å². The van der Waals surface area contributed by atoms with Crippen LogP contribution in [0.5, 0.6) is 5.75 Å². The van der Waals surface area contributed by atoms with Crippen molar-refractivity contribution in [3.8, 4) is 16.9 Å². The van der Waals surface area contributed by atoms with Crippen molar-refractivity contribution in [1.29, 1.82) is 0 Å². The number of benzene rings is 4. The topological polar surface area (TPSA) is 26.3 Å². The lowest BCUT2D eigenvalue weighted by molar-refractivity contribution is 0.389. The monoisotopic (exact) mass is 402 g/mol. The first-order valence-corrected chi connectivity index (χ1v) is 10.1. The van der Waals surface area contributed by atoms with Crippen LogP contribution in [0.4, 0.5) is 8.78 Å². The van der Waals surface area contributed by atoms with Crippen LogP contribution in [0.3, 0.4) is 0 Å². The van der Waals surface area contributed by atoms with Gasteiger partial charge in [0, 0.05) is 11.1 Å². The van der Waals surface area contributed by atoms with Gasteiger partial charge in [0.05, 0.1) is 12.0 Å². The second kappa shape index (κ2) is 6.91. The van der Waals surface area contributed by atoms with E-state index in [9.17, 15) is 13.0 Å². The van der Waals surface area contributed by atoms with Crippen molar-refractivity contribution in [1.82, 2.24) is 0 Å². The first kappa shape index (κ1) is 17.9. The molecule has 6 heteroatoms. The lowest BCUT2D eigenvalue weighted by Gasteiger charge is -2.18. The highest BCUT2D eigenvalue weighted by Crippen LogP contribution is 2.45. The largest absolute Gasteiger partial charge is 0.493 e. The third kappa shape index (κ3) is 2.87. The molecule has 27 heavy (non-hydrogen) atoms. The Hall–Kier alpha value is -2.50. The second-order valence-corrected chi connectivity index (χ2v) is 7.69. The molecule has 4 aromatic carbocycles. The van der Waals surface area contributed by atoms with Crippen molar-refractivity contribution in [3.63, 3.8) is 0 Å². The van der Waals surface area contributed by atoms with Gasteiger partial charge in [0.2, 0.25) is 0 Å². The molecule has 0 aliphatic carbocycles. The van der Waals surface area contributed by atoms with Gasteiger partial charge in [0.25, 0.3) is 0 Å². The summed E-state index contributed by atoms with van der Waals surface area (Å²) in [5, 5.41) is 2.46. The molecule has 0 saturated heterocycles. The number of rotatable bonds is 3. The van der Waals surface area contributed by atoms with Gasteiger partial charge < -0.3 is 4.74 Å². The molecule has 1 unspecified atom stereocenters. The number of methoxy groups -OCH3 is 1. The summed E-state index contributed by atoms with van der Waals surface area (Å²) in [6.45, 7) is 0. The lowest BCUT2D eigenvalue weighted by atomic mass is 9.92. The average Bonchev–Trinajstić information content (AvgIpc) is 2.65.